The molecule has 0 aliphatic heterocycles. The zero-order valence-corrected chi connectivity index (χ0v) is 19.5. The molecule has 0 aliphatic carbocycles. The van der Waals surface area contributed by atoms with Crippen molar-refractivity contribution < 1.29 is 27.5 Å². The summed E-state index contributed by atoms with van der Waals surface area (Å²) in [6, 6.07) is 7.31. The third kappa shape index (κ3) is 7.83. The van der Waals surface area contributed by atoms with Crippen LogP contribution >= 0.6 is 11.3 Å². The number of aryl methyl sites for hydroxylation is 2. The smallest absolute Gasteiger partial charge is 0.457 e. The number of ether oxygens (including phenoxy) is 1. The van der Waals surface area contributed by atoms with Gasteiger partial charge in [-0.15, -0.1) is 11.3 Å². The van der Waals surface area contributed by atoms with E-state index in [4.69, 9.17) is 11.5 Å². The largest absolute Gasteiger partial charge is 0.490 e. The first kappa shape index (κ1) is 26.8. The highest BCUT2D eigenvalue weighted by Gasteiger charge is 2.42. The Morgan fingerprint density at radius 2 is 1.88 bits per heavy atom. The van der Waals surface area contributed by atoms with E-state index in [1.54, 1.807) is 12.1 Å². The number of hydrogen-bond acceptors (Lipinski definition) is 6. The summed E-state index contributed by atoms with van der Waals surface area (Å²) in [4.78, 5) is 27.2. The molecule has 0 saturated heterocycles. The summed E-state index contributed by atoms with van der Waals surface area (Å²) >= 11 is 1.46. The molecule has 2 rings (SSSR count). The third-order valence-electron chi connectivity index (χ3n) is 5.32. The van der Waals surface area contributed by atoms with Gasteiger partial charge in [0.05, 0.1) is 12.1 Å². The van der Waals surface area contributed by atoms with Gasteiger partial charge >= 0.3 is 12.1 Å². The van der Waals surface area contributed by atoms with Gasteiger partial charge < -0.3 is 21.1 Å². The highest BCUT2D eigenvalue weighted by atomic mass is 32.1. The fourth-order valence-corrected chi connectivity index (χ4v) is 4.13. The maximum absolute atomic E-state index is 13.5. The van der Waals surface area contributed by atoms with Crippen molar-refractivity contribution in [2.75, 3.05) is 18.1 Å². The zero-order valence-electron chi connectivity index (χ0n) is 18.7. The van der Waals surface area contributed by atoms with Gasteiger partial charge in [0.1, 0.15) is 6.61 Å². The Morgan fingerprint density at radius 3 is 2.45 bits per heavy atom. The van der Waals surface area contributed by atoms with Crippen molar-refractivity contribution in [1.82, 2.24) is 0 Å². The lowest BCUT2D eigenvalue weighted by Gasteiger charge is -2.34. The lowest BCUT2D eigenvalue weighted by atomic mass is 10.0. The first-order valence-electron chi connectivity index (χ1n) is 10.7. The maximum atomic E-state index is 13.5. The van der Waals surface area contributed by atoms with Crippen LogP contribution in [0, 0.1) is 13.8 Å². The van der Waals surface area contributed by atoms with Crippen LogP contribution in [0.25, 0.3) is 0 Å². The van der Waals surface area contributed by atoms with Gasteiger partial charge in [-0.25, -0.2) is 4.79 Å². The summed E-state index contributed by atoms with van der Waals surface area (Å²) in [6.07, 6.45) is -3.38. The molecule has 2 aromatic rings. The van der Waals surface area contributed by atoms with Crippen molar-refractivity contribution in [2.24, 2.45) is 11.5 Å². The Kier molecular flexibility index (Phi) is 9.87. The molecule has 0 aliphatic rings. The van der Waals surface area contributed by atoms with Crippen molar-refractivity contribution in [3.05, 3.63) is 51.7 Å². The molecular weight excluding hydrogens is 455 g/mol. The number of hydrogen-bond donors (Lipinski definition) is 2. The highest BCUT2D eigenvalue weighted by Crippen LogP contribution is 2.26. The minimum absolute atomic E-state index is 0.287. The second-order valence-electron chi connectivity index (χ2n) is 7.90. The van der Waals surface area contributed by atoms with Gasteiger partial charge in [0.25, 0.3) is 0 Å². The van der Waals surface area contributed by atoms with E-state index in [0.29, 0.717) is 31.5 Å². The number of esters is 1. The molecule has 4 N–H and O–H groups in total. The van der Waals surface area contributed by atoms with Crippen molar-refractivity contribution in [1.29, 1.82) is 0 Å². The van der Waals surface area contributed by atoms with Crippen LogP contribution in [-0.4, -0.2) is 43.3 Å². The summed E-state index contributed by atoms with van der Waals surface area (Å²) in [5, 5.41) is 1.87. The molecule has 0 saturated carbocycles. The van der Waals surface area contributed by atoms with Crippen molar-refractivity contribution in [3.8, 4) is 0 Å². The molecule has 2 atom stereocenters. The number of amides is 1. The number of anilines is 1. The number of rotatable bonds is 11. The van der Waals surface area contributed by atoms with Gasteiger partial charge in [0.15, 0.2) is 0 Å². The van der Waals surface area contributed by atoms with Crippen LogP contribution in [-0.2, 0) is 20.7 Å². The average Bonchev–Trinajstić information content (AvgIpc) is 3.26. The van der Waals surface area contributed by atoms with Gasteiger partial charge in [-0.2, -0.15) is 13.2 Å². The Bertz CT molecular complexity index is 919. The number of carbonyl (C=O) groups excluding carboxylic acids is 2. The molecule has 1 aromatic heterocycles. The number of halogens is 3. The number of carbonyl (C=O) groups is 2. The van der Waals surface area contributed by atoms with Crippen molar-refractivity contribution in [3.63, 3.8) is 0 Å². The maximum Gasteiger partial charge on any atom is 0.490 e. The number of unbranched alkanes of at least 4 members (excludes halogenated alkanes) is 1. The van der Waals surface area contributed by atoms with Crippen LogP contribution in [0.2, 0.25) is 0 Å². The molecule has 6 nitrogen and oxygen atoms in total. The molecule has 33 heavy (non-hydrogen) atoms. The molecule has 0 fully saturated rings. The lowest BCUT2D eigenvalue weighted by molar-refractivity contribution is -0.200. The average molecular weight is 486 g/mol. The molecule has 0 radical (unpaired) electrons. The summed E-state index contributed by atoms with van der Waals surface area (Å²) in [6.45, 7) is 3.58. The Balaban J connectivity index is 2.38. The zero-order chi connectivity index (χ0) is 24.6. The number of benzene rings is 1. The van der Waals surface area contributed by atoms with E-state index in [9.17, 15) is 22.8 Å². The molecule has 1 heterocycles. The topological polar surface area (TPSA) is 98.7 Å². The molecule has 182 valence electrons. The summed E-state index contributed by atoms with van der Waals surface area (Å²) in [5.41, 5.74) is 14.2. The monoisotopic (exact) mass is 485 g/mol. The van der Waals surface area contributed by atoms with Crippen molar-refractivity contribution in [2.45, 2.75) is 57.8 Å². The van der Waals surface area contributed by atoms with E-state index >= 15 is 0 Å². The summed E-state index contributed by atoms with van der Waals surface area (Å²) < 4.78 is 42.8. The van der Waals surface area contributed by atoms with Gasteiger partial charge in [0, 0.05) is 17.0 Å². The van der Waals surface area contributed by atoms with Crippen LogP contribution in [0.3, 0.4) is 0 Å². The van der Waals surface area contributed by atoms with E-state index < -0.39 is 36.7 Å². The molecule has 1 amide bonds. The highest BCUT2D eigenvalue weighted by molar-refractivity contribution is 7.09. The predicted octanol–water partition coefficient (Wildman–Crippen LogP) is 3.87. The summed E-state index contributed by atoms with van der Waals surface area (Å²) in [5.74, 6) is -2.74. The van der Waals surface area contributed by atoms with Gasteiger partial charge in [0.2, 0.25) is 5.91 Å². The van der Waals surface area contributed by atoms with E-state index in [0.717, 1.165) is 16.0 Å². The number of alkyl halides is 3. The minimum Gasteiger partial charge on any atom is -0.457 e. The SMILES string of the molecule is Cc1ccc(N(C(=O)[C@@H](N)Cc2cccs2)[C@@H](CCCCN)COC(=O)C(F)(F)F)cc1C. The third-order valence-corrected chi connectivity index (χ3v) is 6.22. The van der Waals surface area contributed by atoms with Crippen LogP contribution in [0.5, 0.6) is 0 Å². The molecule has 0 unspecified atom stereocenters. The van der Waals surface area contributed by atoms with E-state index in [2.05, 4.69) is 4.74 Å². The second kappa shape index (κ2) is 12.2. The molecule has 10 heteroatoms. The van der Waals surface area contributed by atoms with Crippen molar-refractivity contribution >= 4 is 28.9 Å². The Labute approximate surface area is 195 Å². The quantitative estimate of drug-likeness (QED) is 0.372. The van der Waals surface area contributed by atoms with Crippen LogP contribution < -0.4 is 16.4 Å². The summed E-state index contributed by atoms with van der Waals surface area (Å²) in [7, 11) is 0. The molecule has 0 bridgehead atoms. The first-order chi connectivity index (χ1) is 15.5. The van der Waals surface area contributed by atoms with Gasteiger partial charge in [-0.3, -0.25) is 4.79 Å². The number of nitrogens with zero attached hydrogens (tertiary/aromatic N) is 1. The normalized spacial score (nSPS) is 13.4. The van der Waals surface area contributed by atoms with Gasteiger partial charge in [-0.1, -0.05) is 18.6 Å². The van der Waals surface area contributed by atoms with E-state index in [-0.39, 0.29) is 6.42 Å². The van der Waals surface area contributed by atoms with Gasteiger partial charge in [-0.05, 0) is 67.9 Å². The number of nitrogens with two attached hydrogens (primary N) is 2. The molecule has 1 aromatic carbocycles. The fourth-order valence-electron chi connectivity index (χ4n) is 3.37. The second-order valence-corrected chi connectivity index (χ2v) is 8.93. The molecular formula is C23H30F3N3O3S. The number of thiophene rings is 1. The standard InChI is InChI=1S/C23H30F3N3O3S/c1-15-8-9-17(12-16(15)2)29(21(30)20(28)13-19-7-5-11-33-19)18(6-3-4-10-27)14-32-22(31)23(24,25)26/h5,7-9,11-12,18,20H,3-4,6,10,13-14,27-28H2,1-2H3/t18-,20-/m0/s1. The van der Waals surface area contributed by atoms with Crippen LogP contribution in [0.1, 0.15) is 35.3 Å². The van der Waals surface area contributed by atoms with Crippen LogP contribution in [0.4, 0.5) is 18.9 Å². The lowest BCUT2D eigenvalue weighted by Crippen LogP contribution is -2.52. The fraction of sp³-hybridized carbons (Fsp3) is 0.478. The predicted molar refractivity (Wildman–Crippen MR) is 123 cm³/mol. The Hall–Kier alpha value is -2.43. The van der Waals surface area contributed by atoms with E-state index in [1.165, 1.54) is 16.2 Å². The first-order valence-corrected chi connectivity index (χ1v) is 11.5. The minimum atomic E-state index is -5.12. The Morgan fingerprint density at radius 1 is 1.15 bits per heavy atom. The molecule has 0 spiro atoms. The van der Waals surface area contributed by atoms with E-state index in [1.807, 2.05) is 37.4 Å². The van der Waals surface area contributed by atoms with Crippen LogP contribution in [0.15, 0.2) is 35.7 Å².